The molecular weight excluding hydrogens is 1180 g/mol. The van der Waals surface area contributed by atoms with E-state index in [0.717, 1.165) is 64.2 Å². The van der Waals surface area contributed by atoms with Gasteiger partial charge in [-0.3, -0.25) is 38.4 Å². The molecule has 18 nitrogen and oxygen atoms in total. The number of fused-ring (bicyclic) bond motifs is 2. The van der Waals surface area contributed by atoms with Crippen LogP contribution < -0.4 is 31.9 Å². The molecular formula is C76H104N8O10. The first-order chi connectivity index (χ1) is 45.7. The number of hydrogen-bond acceptors (Lipinski definition) is 12. The van der Waals surface area contributed by atoms with E-state index in [1.165, 1.54) is 0 Å². The second kappa shape index (κ2) is 34.0. The molecule has 5 fully saturated rings. The molecule has 1 aliphatic carbocycles. The van der Waals surface area contributed by atoms with Crippen molar-refractivity contribution in [2.45, 2.75) is 215 Å². The van der Waals surface area contributed by atoms with Crippen LogP contribution in [0.15, 0.2) is 121 Å². The molecule has 0 bridgehead atoms. The van der Waals surface area contributed by atoms with E-state index < -0.39 is 76.8 Å². The van der Waals surface area contributed by atoms with E-state index in [0.29, 0.717) is 111 Å². The van der Waals surface area contributed by atoms with E-state index in [1.54, 1.807) is 23.9 Å². The Morgan fingerprint density at radius 3 is 1.41 bits per heavy atom. The number of aliphatic hydroxyl groups excluding tert-OH is 2. The lowest BCUT2D eigenvalue weighted by atomic mass is 9.76. The van der Waals surface area contributed by atoms with E-state index in [9.17, 15) is 29.4 Å². The zero-order chi connectivity index (χ0) is 66.8. The van der Waals surface area contributed by atoms with Crippen LogP contribution in [0, 0.1) is 29.6 Å². The number of rotatable bonds is 32. The van der Waals surface area contributed by atoms with Gasteiger partial charge in [-0.2, -0.15) is 0 Å². The highest BCUT2D eigenvalue weighted by atomic mass is 16.3. The Kier molecular flexibility index (Phi) is 25.8. The zero-order valence-corrected chi connectivity index (χ0v) is 55.9. The highest BCUT2D eigenvalue weighted by molar-refractivity contribution is 6.01. The number of nitrogens with zero attached hydrogens (tertiary/aromatic N) is 2. The van der Waals surface area contributed by atoms with Crippen molar-refractivity contribution in [2.24, 2.45) is 29.6 Å². The van der Waals surface area contributed by atoms with Crippen molar-refractivity contribution in [2.75, 3.05) is 33.9 Å². The van der Waals surface area contributed by atoms with Crippen molar-refractivity contribution in [3.63, 3.8) is 0 Å². The van der Waals surface area contributed by atoms with Gasteiger partial charge in [0.15, 0.2) is 17.1 Å². The van der Waals surface area contributed by atoms with Gasteiger partial charge in [0.25, 0.3) is 5.91 Å². The van der Waals surface area contributed by atoms with Gasteiger partial charge in [-0.1, -0.05) is 193 Å². The summed E-state index contributed by atoms with van der Waals surface area (Å²) in [5, 5.41) is 39.7. The molecule has 508 valence electrons. The molecule has 6 amide bonds. The molecule has 4 aliphatic heterocycles. The molecule has 4 heterocycles. The standard InChI is InChI=1S/C76H104N8O10/c1-5-62(77-3)66(87)48-61-53(49-85)39-41-59-43-45-64(83(59)72(61)92)70(90)81-75(55-26-13-8-14-27-55,56-28-15-9-16-29-56)67(88)34-21-7-12-24-51-35-37-52(38-36-51)25-22-23-47-79-74(94)76(57-30-17-10-18-31-57,58-32-19-11-20-33-58)82-71(91)65-46-44-60-42-40-54(50-86)68(73(93)84(60)65)80-69(89)63(6-2)78-4/h8-11,13-20,26-33,51-54,59-65,68,77-78,85-86H,5-7,12,21-25,34-50H2,1-4H3,(H,79,94)(H,80,89)(H,81,90)(H,82,91)/t51?,52?,53-,54-,59+,60+,61+,62+,63+,64+,65+,68+/m1/s1. The average molecular weight is 1290 g/mol. The van der Waals surface area contributed by atoms with Gasteiger partial charge in [0.05, 0.1) is 18.0 Å². The first kappa shape index (κ1) is 71.2. The summed E-state index contributed by atoms with van der Waals surface area (Å²) in [5.74, 6) is -2.95. The minimum absolute atomic E-state index is 0.0168. The Balaban J connectivity index is 0.778. The van der Waals surface area contributed by atoms with Gasteiger partial charge in [-0.25, -0.2) is 0 Å². The van der Waals surface area contributed by atoms with Crippen molar-refractivity contribution >= 4 is 47.0 Å². The number of hydrogen-bond donors (Lipinski definition) is 8. The van der Waals surface area contributed by atoms with Gasteiger partial charge in [0.2, 0.25) is 29.5 Å². The minimum atomic E-state index is -1.64. The number of aliphatic hydroxyl groups is 2. The summed E-state index contributed by atoms with van der Waals surface area (Å²) in [7, 11) is 3.42. The summed E-state index contributed by atoms with van der Waals surface area (Å²) in [5.41, 5.74) is -0.711. The Labute approximate surface area is 556 Å². The van der Waals surface area contributed by atoms with Crippen LogP contribution in [0.1, 0.15) is 184 Å². The van der Waals surface area contributed by atoms with Gasteiger partial charge in [-0.05, 0) is 131 Å². The van der Waals surface area contributed by atoms with E-state index in [4.69, 9.17) is 0 Å². The number of benzene rings is 4. The number of unbranched alkanes of at least 4 members (excludes halogenated alkanes) is 3. The Morgan fingerprint density at radius 1 is 0.511 bits per heavy atom. The Morgan fingerprint density at radius 2 is 0.947 bits per heavy atom. The highest BCUT2D eigenvalue weighted by Crippen LogP contribution is 2.42. The maximum atomic E-state index is 15.2. The molecule has 4 aromatic rings. The molecule has 9 rings (SSSR count). The summed E-state index contributed by atoms with van der Waals surface area (Å²) < 4.78 is 0. The molecule has 4 saturated heterocycles. The molecule has 0 spiro atoms. The second-order valence-electron chi connectivity index (χ2n) is 27.4. The fourth-order valence-electron chi connectivity index (χ4n) is 16.4. The molecule has 94 heavy (non-hydrogen) atoms. The summed E-state index contributed by atoms with van der Waals surface area (Å²) >= 11 is 0. The monoisotopic (exact) mass is 1290 g/mol. The lowest BCUT2D eigenvalue weighted by molar-refractivity contribution is -0.146. The van der Waals surface area contributed by atoms with Crippen molar-refractivity contribution < 1.29 is 48.6 Å². The number of Topliss-reactive ketones (excluding diaryl/α,β-unsaturated/α-hetero) is 2. The summed E-state index contributed by atoms with van der Waals surface area (Å²) in [4.78, 5) is 120. The molecule has 1 saturated carbocycles. The first-order valence-corrected chi connectivity index (χ1v) is 35.4. The zero-order valence-electron chi connectivity index (χ0n) is 55.9. The van der Waals surface area contributed by atoms with Crippen molar-refractivity contribution in [3.8, 4) is 0 Å². The van der Waals surface area contributed by atoms with Crippen LogP contribution in [-0.4, -0.2) is 143 Å². The third kappa shape index (κ3) is 16.1. The molecule has 10 atom stereocenters. The predicted molar refractivity (Wildman–Crippen MR) is 362 cm³/mol. The molecule has 8 N–H and O–H groups in total. The number of carbonyl (C=O) groups excluding carboxylic acids is 8. The number of likely N-dealkylation sites (N-methyl/N-ethyl adjacent to an activating group) is 2. The number of nitrogens with one attached hydrogen (secondary N) is 6. The molecule has 4 aromatic carbocycles. The smallest absolute Gasteiger partial charge is 0.255 e. The maximum Gasteiger partial charge on any atom is 0.255 e. The van der Waals surface area contributed by atoms with Gasteiger partial charge in [0.1, 0.15) is 23.7 Å². The van der Waals surface area contributed by atoms with Gasteiger partial charge < -0.3 is 51.9 Å². The quantitative estimate of drug-likeness (QED) is 0.0215. The lowest BCUT2D eigenvalue weighted by Gasteiger charge is -2.38. The Bertz CT molecular complexity index is 2850. The largest absolute Gasteiger partial charge is 0.396 e. The normalized spacial score (nSPS) is 24.6. The summed E-state index contributed by atoms with van der Waals surface area (Å²) in [6.07, 6.45) is 16.4. The van der Waals surface area contributed by atoms with E-state index in [-0.39, 0.29) is 67.4 Å². The van der Waals surface area contributed by atoms with Crippen molar-refractivity contribution in [1.29, 1.82) is 0 Å². The topological polar surface area (TPSA) is 256 Å². The van der Waals surface area contributed by atoms with Crippen LogP contribution in [-0.2, 0) is 49.4 Å². The number of ketones is 2. The van der Waals surface area contributed by atoms with Gasteiger partial charge in [-0.15, -0.1) is 0 Å². The fourth-order valence-corrected chi connectivity index (χ4v) is 16.4. The molecule has 0 radical (unpaired) electrons. The number of amides is 6. The van der Waals surface area contributed by atoms with Crippen molar-refractivity contribution in [1.82, 2.24) is 41.7 Å². The molecule has 0 aromatic heterocycles. The third-order valence-electron chi connectivity index (χ3n) is 21.9. The first-order valence-electron chi connectivity index (χ1n) is 35.4. The SMILES string of the molecule is CC[C@H](NC)C(=O)C[C@@H]1C(=O)N2[C@@H](CC[C@@H]1CO)CC[C@H]2C(=O)NC(C(=O)CCCCCC1CCC(CCCCNC(=O)C(NC(=O)[C@@H]2CC[C@@H]3CC[C@H](CO)[C@H](NC(=O)[C@H](CC)NC)C(=O)N32)(c2ccccc2)c2ccccc2)CC1)(c1ccccc1)c1ccccc1. The van der Waals surface area contributed by atoms with Crippen LogP contribution in [0.5, 0.6) is 0 Å². The van der Waals surface area contributed by atoms with Crippen LogP contribution >= 0.6 is 0 Å². The second-order valence-corrected chi connectivity index (χ2v) is 27.4. The third-order valence-corrected chi connectivity index (χ3v) is 21.9. The average Bonchev–Trinajstić information content (AvgIpc) is 1.09. The van der Waals surface area contributed by atoms with Crippen LogP contribution in [0.3, 0.4) is 0 Å². The molecule has 5 aliphatic rings. The summed E-state index contributed by atoms with van der Waals surface area (Å²) in [6.45, 7) is 3.68. The minimum Gasteiger partial charge on any atom is -0.396 e. The molecule has 0 unspecified atom stereocenters. The van der Waals surface area contributed by atoms with E-state index in [2.05, 4.69) is 31.9 Å². The van der Waals surface area contributed by atoms with E-state index in [1.807, 2.05) is 135 Å². The predicted octanol–water partition coefficient (Wildman–Crippen LogP) is 8.30. The number of carbonyl (C=O) groups is 8. The van der Waals surface area contributed by atoms with Gasteiger partial charge in [0, 0.05) is 50.6 Å². The Hall–Kier alpha value is -7.12. The van der Waals surface area contributed by atoms with Crippen LogP contribution in [0.2, 0.25) is 0 Å². The van der Waals surface area contributed by atoms with Crippen molar-refractivity contribution in [3.05, 3.63) is 144 Å². The summed E-state index contributed by atoms with van der Waals surface area (Å²) in [6, 6.07) is 33.1. The van der Waals surface area contributed by atoms with Gasteiger partial charge >= 0.3 is 0 Å². The highest BCUT2D eigenvalue weighted by Gasteiger charge is 2.53. The maximum absolute atomic E-state index is 15.2. The van der Waals surface area contributed by atoms with E-state index >= 15 is 19.2 Å². The fraction of sp³-hybridized carbons (Fsp3) is 0.579. The molecule has 18 heteroatoms. The van der Waals surface area contributed by atoms with Crippen LogP contribution in [0.4, 0.5) is 0 Å². The van der Waals surface area contributed by atoms with Crippen LogP contribution in [0.25, 0.3) is 0 Å². The lowest BCUT2D eigenvalue weighted by Crippen LogP contribution is -2.62.